The summed E-state index contributed by atoms with van der Waals surface area (Å²) in [6.07, 6.45) is 1.07. The molecule has 0 aliphatic heterocycles. The third-order valence-corrected chi connectivity index (χ3v) is 6.14. The Morgan fingerprint density at radius 2 is 2.00 bits per heavy atom. The predicted octanol–water partition coefficient (Wildman–Crippen LogP) is 7.52. The highest BCUT2D eigenvalue weighted by Crippen LogP contribution is 2.32. The maximum absolute atomic E-state index is 12.6. The van der Waals surface area contributed by atoms with E-state index in [9.17, 15) is 4.79 Å². The summed E-state index contributed by atoms with van der Waals surface area (Å²) in [7, 11) is 0. The van der Waals surface area contributed by atoms with Crippen molar-refractivity contribution in [1.29, 1.82) is 0 Å². The Morgan fingerprint density at radius 3 is 2.77 bits per heavy atom. The molecule has 1 heterocycles. The van der Waals surface area contributed by atoms with Crippen LogP contribution in [-0.2, 0) is 0 Å². The van der Waals surface area contributed by atoms with Crippen molar-refractivity contribution in [2.45, 2.75) is 26.2 Å². The van der Waals surface area contributed by atoms with Gasteiger partial charge in [-0.3, -0.25) is 4.79 Å². The zero-order chi connectivity index (χ0) is 21.3. The molecule has 30 heavy (non-hydrogen) atoms. The highest BCUT2D eigenvalue weighted by Gasteiger charge is 2.14. The van der Waals surface area contributed by atoms with Crippen molar-refractivity contribution < 1.29 is 9.21 Å². The first-order valence-electron chi connectivity index (χ1n) is 9.72. The van der Waals surface area contributed by atoms with E-state index in [2.05, 4.69) is 58.9 Å². The number of rotatable bonds is 5. The Bertz CT molecular complexity index is 1240. The lowest BCUT2D eigenvalue weighted by Gasteiger charge is -2.09. The summed E-state index contributed by atoms with van der Waals surface area (Å²) in [4.78, 5) is 17.3. The number of benzene rings is 3. The fraction of sp³-hybridized carbons (Fsp3) is 0.167. The van der Waals surface area contributed by atoms with Crippen LogP contribution in [-0.4, -0.2) is 10.9 Å². The van der Waals surface area contributed by atoms with Crippen LogP contribution < -0.4 is 5.32 Å². The Labute approximate surface area is 193 Å². The van der Waals surface area contributed by atoms with Gasteiger partial charge >= 0.3 is 0 Å². The average Bonchev–Trinajstić information content (AvgIpc) is 3.18. The van der Waals surface area contributed by atoms with Crippen molar-refractivity contribution >= 4 is 56.9 Å². The first-order chi connectivity index (χ1) is 14.4. The Balaban J connectivity index is 1.65. The number of halogens is 2. The first-order valence-corrected chi connectivity index (χ1v) is 11.2. The van der Waals surface area contributed by atoms with Crippen molar-refractivity contribution in [3.05, 3.63) is 80.4 Å². The van der Waals surface area contributed by atoms with E-state index in [1.807, 2.05) is 30.3 Å². The Hall–Kier alpha value is -2.38. The number of carbonyl (C=O) groups excluding carboxylic acids is 1. The van der Waals surface area contributed by atoms with E-state index in [-0.39, 0.29) is 5.91 Å². The van der Waals surface area contributed by atoms with E-state index in [1.165, 1.54) is 5.56 Å². The molecule has 0 aliphatic carbocycles. The highest BCUT2D eigenvalue weighted by molar-refractivity contribution is 14.1. The van der Waals surface area contributed by atoms with E-state index < -0.39 is 0 Å². The molecule has 1 atom stereocenters. The number of hydrogen-bond donors (Lipinski definition) is 1. The van der Waals surface area contributed by atoms with Gasteiger partial charge < -0.3 is 9.73 Å². The van der Waals surface area contributed by atoms with E-state index in [4.69, 9.17) is 16.0 Å². The van der Waals surface area contributed by atoms with Crippen LogP contribution >= 0.6 is 34.2 Å². The molecule has 0 saturated heterocycles. The van der Waals surface area contributed by atoms with E-state index in [0.29, 0.717) is 28.1 Å². The Morgan fingerprint density at radius 1 is 1.17 bits per heavy atom. The van der Waals surface area contributed by atoms with Gasteiger partial charge in [0, 0.05) is 14.7 Å². The molecular weight excluding hydrogens is 511 g/mol. The molecule has 0 spiro atoms. The standard InChI is InChI=1S/C24H20ClIN2O2/c1-3-14(2)15-8-10-22-21(12-15)28-24(30-22)17-7-9-19(25)20(13-17)27-23(29)16-5-4-6-18(26)11-16/h4-14H,3H2,1-2H3,(H,27,29). The van der Waals surface area contributed by atoms with Gasteiger partial charge in [0.15, 0.2) is 5.58 Å². The SMILES string of the molecule is CCC(C)c1ccc2oc(-c3ccc(Cl)c(NC(=O)c4cccc(I)c4)c3)nc2c1. The molecule has 0 bridgehead atoms. The van der Waals surface area contributed by atoms with Crippen molar-refractivity contribution in [3.63, 3.8) is 0 Å². The largest absolute Gasteiger partial charge is 0.436 e. The molecule has 152 valence electrons. The normalized spacial score (nSPS) is 12.1. The summed E-state index contributed by atoms with van der Waals surface area (Å²) < 4.78 is 6.94. The summed E-state index contributed by atoms with van der Waals surface area (Å²) in [6, 6.07) is 18.9. The van der Waals surface area contributed by atoms with Crippen molar-refractivity contribution in [1.82, 2.24) is 4.98 Å². The molecule has 1 aromatic heterocycles. The number of aromatic nitrogens is 1. The van der Waals surface area contributed by atoms with Crippen LogP contribution in [0.15, 0.2) is 65.1 Å². The molecular formula is C24H20ClIN2O2. The van der Waals surface area contributed by atoms with Crippen LogP contribution in [0.3, 0.4) is 0 Å². The molecule has 0 aliphatic rings. The number of amides is 1. The summed E-state index contributed by atoms with van der Waals surface area (Å²) in [5.41, 5.74) is 4.63. The molecule has 4 aromatic rings. The number of anilines is 1. The van der Waals surface area contributed by atoms with Crippen molar-refractivity contribution in [2.24, 2.45) is 0 Å². The van der Waals surface area contributed by atoms with Crippen LogP contribution in [0.5, 0.6) is 0 Å². The molecule has 1 N–H and O–H groups in total. The molecule has 0 fully saturated rings. The van der Waals surface area contributed by atoms with Gasteiger partial charge in [-0.1, -0.05) is 37.6 Å². The van der Waals surface area contributed by atoms with Crippen LogP contribution in [0.1, 0.15) is 42.1 Å². The fourth-order valence-electron chi connectivity index (χ4n) is 3.19. The smallest absolute Gasteiger partial charge is 0.255 e. The van der Waals surface area contributed by atoms with Gasteiger partial charge in [0.2, 0.25) is 5.89 Å². The Kier molecular flexibility index (Phi) is 6.11. The number of fused-ring (bicyclic) bond motifs is 1. The van der Waals surface area contributed by atoms with Gasteiger partial charge in [0.25, 0.3) is 5.91 Å². The third kappa shape index (κ3) is 4.37. The van der Waals surface area contributed by atoms with Gasteiger partial charge in [-0.2, -0.15) is 0 Å². The predicted molar refractivity (Wildman–Crippen MR) is 130 cm³/mol. The van der Waals surface area contributed by atoms with E-state index in [1.54, 1.807) is 18.2 Å². The highest BCUT2D eigenvalue weighted by atomic mass is 127. The van der Waals surface area contributed by atoms with Crippen LogP contribution in [0, 0.1) is 3.57 Å². The van der Waals surface area contributed by atoms with Crippen molar-refractivity contribution in [2.75, 3.05) is 5.32 Å². The minimum absolute atomic E-state index is 0.219. The molecule has 1 amide bonds. The minimum atomic E-state index is -0.219. The second-order valence-corrected chi connectivity index (χ2v) is 8.87. The summed E-state index contributed by atoms with van der Waals surface area (Å²) >= 11 is 8.51. The lowest BCUT2D eigenvalue weighted by molar-refractivity contribution is 0.102. The number of oxazole rings is 1. The van der Waals surface area contributed by atoms with Crippen molar-refractivity contribution in [3.8, 4) is 11.5 Å². The molecule has 3 aromatic carbocycles. The van der Waals surface area contributed by atoms with Gasteiger partial charge in [-0.15, -0.1) is 0 Å². The topological polar surface area (TPSA) is 55.1 Å². The number of carbonyl (C=O) groups is 1. The van der Waals surface area contributed by atoms with E-state index >= 15 is 0 Å². The zero-order valence-electron chi connectivity index (χ0n) is 16.6. The zero-order valence-corrected chi connectivity index (χ0v) is 19.5. The molecule has 4 rings (SSSR count). The molecule has 1 unspecified atom stereocenters. The van der Waals surface area contributed by atoms with Gasteiger partial charge in [-0.05, 0) is 89.0 Å². The molecule has 4 nitrogen and oxygen atoms in total. The summed E-state index contributed by atoms with van der Waals surface area (Å²) in [5.74, 6) is 0.740. The quantitative estimate of drug-likeness (QED) is 0.272. The van der Waals surface area contributed by atoms with Crippen LogP contribution in [0.2, 0.25) is 5.02 Å². The lowest BCUT2D eigenvalue weighted by atomic mass is 9.98. The van der Waals surface area contributed by atoms with Gasteiger partial charge in [-0.25, -0.2) is 4.98 Å². The number of hydrogen-bond acceptors (Lipinski definition) is 3. The fourth-order valence-corrected chi connectivity index (χ4v) is 3.90. The van der Waals surface area contributed by atoms with E-state index in [0.717, 1.165) is 26.7 Å². The second kappa shape index (κ2) is 8.78. The molecule has 0 saturated carbocycles. The van der Waals surface area contributed by atoms with Gasteiger partial charge in [0.05, 0.1) is 10.7 Å². The average molecular weight is 531 g/mol. The maximum atomic E-state index is 12.6. The summed E-state index contributed by atoms with van der Waals surface area (Å²) in [5, 5.41) is 3.34. The van der Waals surface area contributed by atoms with Crippen LogP contribution in [0.25, 0.3) is 22.6 Å². The number of nitrogens with zero attached hydrogens (tertiary/aromatic N) is 1. The number of nitrogens with one attached hydrogen (secondary N) is 1. The lowest BCUT2D eigenvalue weighted by Crippen LogP contribution is -2.12. The first kappa shape index (κ1) is 20.9. The second-order valence-electron chi connectivity index (χ2n) is 7.21. The van der Waals surface area contributed by atoms with Crippen LogP contribution in [0.4, 0.5) is 5.69 Å². The summed E-state index contributed by atoms with van der Waals surface area (Å²) in [6.45, 7) is 4.37. The van der Waals surface area contributed by atoms with Gasteiger partial charge in [0.1, 0.15) is 5.52 Å². The monoisotopic (exact) mass is 530 g/mol. The molecule has 0 radical (unpaired) electrons. The maximum Gasteiger partial charge on any atom is 0.255 e. The minimum Gasteiger partial charge on any atom is -0.436 e. The third-order valence-electron chi connectivity index (χ3n) is 5.14. The molecule has 6 heteroatoms.